The zero-order chi connectivity index (χ0) is 20.6. The molecular weight excluding hydrogens is 436 g/mol. The fraction of sp³-hybridized carbons (Fsp3) is 0.444. The summed E-state index contributed by atoms with van der Waals surface area (Å²) >= 11 is 6.22. The molecule has 0 spiro atoms. The number of benzene rings is 1. The molecule has 0 radical (unpaired) electrons. The molecule has 0 amide bonds. The van der Waals surface area contributed by atoms with E-state index in [1.54, 1.807) is 48.9 Å². The number of anilines is 3. The lowest BCUT2D eigenvalue weighted by Crippen LogP contribution is -2.16. The van der Waals surface area contributed by atoms with Gasteiger partial charge in [0.05, 0.1) is 22.0 Å². The van der Waals surface area contributed by atoms with Crippen LogP contribution >= 0.6 is 33.2 Å². The van der Waals surface area contributed by atoms with Gasteiger partial charge in [-0.25, -0.2) is 13.4 Å². The van der Waals surface area contributed by atoms with Gasteiger partial charge < -0.3 is 10.6 Å². The quantitative estimate of drug-likeness (QED) is 0.347. The highest BCUT2D eigenvalue weighted by Crippen LogP contribution is 2.30. The lowest BCUT2D eigenvalue weighted by molar-refractivity contribution is 0.588. The van der Waals surface area contributed by atoms with Crippen molar-refractivity contribution < 1.29 is 8.42 Å². The van der Waals surface area contributed by atoms with Crippen LogP contribution in [0.25, 0.3) is 0 Å². The van der Waals surface area contributed by atoms with E-state index in [1.807, 2.05) is 10.8 Å². The number of hydrogen-bond acceptors (Lipinski definition) is 8. The van der Waals surface area contributed by atoms with E-state index in [2.05, 4.69) is 27.5 Å². The largest absolute Gasteiger partial charge is 0.353 e. The number of rotatable bonds is 11. The van der Waals surface area contributed by atoms with Crippen molar-refractivity contribution in [2.75, 3.05) is 28.7 Å². The van der Waals surface area contributed by atoms with E-state index in [0.29, 0.717) is 22.5 Å². The molecule has 2 N–H and O–H groups in total. The van der Waals surface area contributed by atoms with Gasteiger partial charge in [-0.1, -0.05) is 52.2 Å². The highest BCUT2D eigenvalue weighted by Gasteiger charge is 2.23. The Morgan fingerprint density at radius 2 is 1.89 bits per heavy atom. The molecule has 0 saturated carbocycles. The fourth-order valence-corrected chi connectivity index (χ4v) is 5.53. The Hall–Kier alpha value is -1.16. The van der Waals surface area contributed by atoms with Gasteiger partial charge in [-0.15, -0.1) is 0 Å². The molecule has 2 aromatic rings. The van der Waals surface area contributed by atoms with E-state index in [0.717, 1.165) is 24.5 Å². The van der Waals surface area contributed by atoms with E-state index < -0.39 is 15.1 Å². The molecule has 0 fully saturated rings. The maximum atomic E-state index is 12.6. The summed E-state index contributed by atoms with van der Waals surface area (Å²) < 4.78 is 25.2. The number of hydrogen-bond donors (Lipinski definition) is 2. The third-order valence-corrected chi connectivity index (χ3v) is 8.75. The van der Waals surface area contributed by atoms with Crippen LogP contribution in [0.1, 0.15) is 27.2 Å². The summed E-state index contributed by atoms with van der Waals surface area (Å²) in [6, 6.07) is 6.74. The molecule has 0 aliphatic carbocycles. The van der Waals surface area contributed by atoms with Crippen molar-refractivity contribution in [2.45, 2.75) is 37.3 Å². The number of para-hydroxylation sites is 1. The van der Waals surface area contributed by atoms with Crippen LogP contribution in [-0.2, 0) is 9.84 Å². The van der Waals surface area contributed by atoms with Gasteiger partial charge in [-0.3, -0.25) is 0 Å². The SMILES string of the molecule is CCCSSCCNc1ncc(Cl)c(Nc2ccccc2S(=O)(=O)C(C)C)n1. The van der Waals surface area contributed by atoms with Crippen molar-refractivity contribution in [3.05, 3.63) is 35.5 Å². The molecule has 28 heavy (non-hydrogen) atoms. The summed E-state index contributed by atoms with van der Waals surface area (Å²) in [4.78, 5) is 8.80. The molecule has 10 heteroatoms. The highest BCUT2D eigenvalue weighted by atomic mass is 35.5. The fourth-order valence-electron chi connectivity index (χ4n) is 2.15. The zero-order valence-corrected chi connectivity index (χ0v) is 19.3. The van der Waals surface area contributed by atoms with E-state index in [-0.39, 0.29) is 4.90 Å². The molecule has 0 aliphatic heterocycles. The summed E-state index contributed by atoms with van der Waals surface area (Å²) in [7, 11) is 0.206. The average Bonchev–Trinajstić information content (AvgIpc) is 2.67. The first kappa shape index (κ1) is 23.1. The predicted octanol–water partition coefficient (Wildman–Crippen LogP) is 5.26. The second kappa shape index (κ2) is 11.1. The first-order valence-corrected chi connectivity index (χ1v) is 13.4. The first-order chi connectivity index (χ1) is 13.4. The van der Waals surface area contributed by atoms with E-state index in [9.17, 15) is 8.42 Å². The third-order valence-electron chi connectivity index (χ3n) is 3.65. The molecule has 0 unspecified atom stereocenters. The maximum absolute atomic E-state index is 12.6. The molecule has 0 saturated heterocycles. The maximum Gasteiger partial charge on any atom is 0.224 e. The van der Waals surface area contributed by atoms with Crippen LogP contribution in [0.5, 0.6) is 0 Å². The van der Waals surface area contributed by atoms with Crippen molar-refractivity contribution in [1.29, 1.82) is 0 Å². The monoisotopic (exact) mass is 460 g/mol. The Kier molecular flexibility index (Phi) is 9.20. The van der Waals surface area contributed by atoms with E-state index in [1.165, 1.54) is 6.20 Å². The molecule has 0 aliphatic rings. The molecule has 1 aromatic carbocycles. The minimum Gasteiger partial charge on any atom is -0.353 e. The number of sulfone groups is 1. The molecule has 1 aromatic heterocycles. The zero-order valence-electron chi connectivity index (χ0n) is 16.1. The highest BCUT2D eigenvalue weighted by molar-refractivity contribution is 8.76. The van der Waals surface area contributed by atoms with Crippen LogP contribution in [-0.4, -0.2) is 41.7 Å². The standard InChI is InChI=1S/C18H25ClN4O2S3/c1-4-10-26-27-11-9-20-18-21-12-14(19)17(23-18)22-15-7-5-6-8-16(15)28(24,25)13(2)3/h5-8,12-13H,4,9-11H2,1-3H3,(H2,20,21,22,23). The molecule has 0 bridgehead atoms. The van der Waals surface area contributed by atoms with Gasteiger partial charge in [0.2, 0.25) is 5.95 Å². The van der Waals surface area contributed by atoms with Crippen LogP contribution < -0.4 is 10.6 Å². The van der Waals surface area contributed by atoms with Gasteiger partial charge in [0.15, 0.2) is 15.7 Å². The molecule has 2 rings (SSSR count). The van der Waals surface area contributed by atoms with E-state index in [4.69, 9.17) is 11.6 Å². The van der Waals surface area contributed by atoms with Gasteiger partial charge in [0.1, 0.15) is 5.02 Å². The van der Waals surface area contributed by atoms with Gasteiger partial charge >= 0.3 is 0 Å². The minimum atomic E-state index is -3.45. The Balaban J connectivity index is 2.13. The first-order valence-electron chi connectivity index (χ1n) is 8.97. The van der Waals surface area contributed by atoms with Crippen molar-refractivity contribution >= 4 is 60.5 Å². The summed E-state index contributed by atoms with van der Waals surface area (Å²) in [6.07, 6.45) is 2.66. The van der Waals surface area contributed by atoms with Crippen LogP contribution in [0.2, 0.25) is 5.02 Å². The number of halogens is 1. The van der Waals surface area contributed by atoms with Crippen molar-refractivity contribution in [3.8, 4) is 0 Å². The summed E-state index contributed by atoms with van der Waals surface area (Å²) in [5.74, 6) is 2.86. The molecule has 0 atom stereocenters. The van der Waals surface area contributed by atoms with Crippen molar-refractivity contribution in [3.63, 3.8) is 0 Å². The van der Waals surface area contributed by atoms with Crippen LogP contribution in [0.4, 0.5) is 17.5 Å². The average molecular weight is 461 g/mol. The Morgan fingerprint density at radius 3 is 2.61 bits per heavy atom. The van der Waals surface area contributed by atoms with Gasteiger partial charge in [-0.2, -0.15) is 4.98 Å². The summed E-state index contributed by atoms with van der Waals surface area (Å²) in [6.45, 7) is 6.19. The van der Waals surface area contributed by atoms with Crippen LogP contribution in [0.15, 0.2) is 35.4 Å². The van der Waals surface area contributed by atoms with Crippen LogP contribution in [0, 0.1) is 0 Å². The Morgan fingerprint density at radius 1 is 1.18 bits per heavy atom. The minimum absolute atomic E-state index is 0.221. The lowest BCUT2D eigenvalue weighted by atomic mass is 10.3. The predicted molar refractivity (Wildman–Crippen MR) is 123 cm³/mol. The second-order valence-electron chi connectivity index (χ2n) is 6.18. The topological polar surface area (TPSA) is 84.0 Å². The molecule has 6 nitrogen and oxygen atoms in total. The lowest BCUT2D eigenvalue weighted by Gasteiger charge is -2.15. The number of nitrogens with one attached hydrogen (secondary N) is 2. The smallest absolute Gasteiger partial charge is 0.224 e. The van der Waals surface area contributed by atoms with Crippen molar-refractivity contribution in [1.82, 2.24) is 9.97 Å². The van der Waals surface area contributed by atoms with Gasteiger partial charge in [-0.05, 0) is 32.4 Å². The normalized spacial score (nSPS) is 11.6. The Labute approximate surface area is 180 Å². The summed E-state index contributed by atoms with van der Waals surface area (Å²) in [5, 5.41) is 6.00. The molecular formula is C18H25ClN4O2S3. The third kappa shape index (κ3) is 6.43. The van der Waals surface area contributed by atoms with Crippen LogP contribution in [0.3, 0.4) is 0 Å². The van der Waals surface area contributed by atoms with Gasteiger partial charge in [0.25, 0.3) is 0 Å². The Bertz CT molecular complexity index is 879. The molecule has 154 valence electrons. The summed E-state index contributed by atoms with van der Waals surface area (Å²) in [5.41, 5.74) is 0.439. The molecule has 1 heterocycles. The number of aromatic nitrogens is 2. The number of nitrogens with zero attached hydrogens (tertiary/aromatic N) is 2. The van der Waals surface area contributed by atoms with E-state index >= 15 is 0 Å². The van der Waals surface area contributed by atoms with Crippen molar-refractivity contribution in [2.24, 2.45) is 0 Å². The van der Waals surface area contributed by atoms with Gasteiger partial charge in [0, 0.05) is 18.1 Å². The second-order valence-corrected chi connectivity index (χ2v) is 11.8.